The van der Waals surface area contributed by atoms with Crippen LogP contribution in [0.5, 0.6) is 0 Å². The van der Waals surface area contributed by atoms with Gasteiger partial charge in [-0.2, -0.15) is 0 Å². The van der Waals surface area contributed by atoms with Crippen molar-refractivity contribution in [3.63, 3.8) is 0 Å². The Morgan fingerprint density at radius 3 is 3.00 bits per heavy atom. The zero-order valence-corrected chi connectivity index (χ0v) is 8.07. The standard InChI is InChI=1S/C10H11NO3/c1-10(2)7-3-8(9(12)13)11-4-6(7)5-14-10/h3-4H,5H2,1-2H3,(H,12,13). The summed E-state index contributed by atoms with van der Waals surface area (Å²) >= 11 is 0. The van der Waals surface area contributed by atoms with Gasteiger partial charge in [-0.3, -0.25) is 0 Å². The molecule has 0 amide bonds. The first-order chi connectivity index (χ1) is 6.50. The lowest BCUT2D eigenvalue weighted by molar-refractivity contribution is -0.00791. The first-order valence-corrected chi connectivity index (χ1v) is 4.37. The minimum Gasteiger partial charge on any atom is -0.477 e. The topological polar surface area (TPSA) is 59.4 Å². The van der Waals surface area contributed by atoms with Crippen LogP contribution in [0.3, 0.4) is 0 Å². The molecule has 1 aromatic rings. The molecule has 14 heavy (non-hydrogen) atoms. The van der Waals surface area contributed by atoms with Crippen LogP contribution >= 0.6 is 0 Å². The van der Waals surface area contributed by atoms with E-state index >= 15 is 0 Å². The molecule has 0 saturated carbocycles. The van der Waals surface area contributed by atoms with Crippen molar-refractivity contribution < 1.29 is 14.6 Å². The SMILES string of the molecule is CC1(C)OCc2cnc(C(=O)O)cc21. The van der Waals surface area contributed by atoms with Crippen LogP contribution in [0.4, 0.5) is 0 Å². The average Bonchev–Trinajstić information content (AvgIpc) is 2.42. The number of carboxylic acid groups (broad SMARTS) is 1. The number of hydrogen-bond acceptors (Lipinski definition) is 3. The van der Waals surface area contributed by atoms with Crippen molar-refractivity contribution in [2.45, 2.75) is 26.1 Å². The molecule has 0 atom stereocenters. The zero-order valence-electron chi connectivity index (χ0n) is 8.07. The molecule has 2 rings (SSSR count). The van der Waals surface area contributed by atoms with E-state index < -0.39 is 11.6 Å². The molecular weight excluding hydrogens is 182 g/mol. The summed E-state index contributed by atoms with van der Waals surface area (Å²) in [5.41, 5.74) is 1.56. The molecule has 74 valence electrons. The Hall–Kier alpha value is -1.42. The first kappa shape index (κ1) is 9.15. The normalized spacial score (nSPS) is 17.9. The highest BCUT2D eigenvalue weighted by atomic mass is 16.5. The van der Waals surface area contributed by atoms with Gasteiger partial charge in [0.15, 0.2) is 0 Å². The third-order valence-corrected chi connectivity index (χ3v) is 2.44. The highest BCUT2D eigenvalue weighted by Gasteiger charge is 2.31. The van der Waals surface area contributed by atoms with Gasteiger partial charge in [0.2, 0.25) is 0 Å². The van der Waals surface area contributed by atoms with E-state index in [2.05, 4.69) is 4.98 Å². The Morgan fingerprint density at radius 1 is 1.64 bits per heavy atom. The lowest BCUT2D eigenvalue weighted by Gasteiger charge is -2.18. The summed E-state index contributed by atoms with van der Waals surface area (Å²) in [5, 5.41) is 8.78. The second-order valence-corrected chi connectivity index (χ2v) is 3.83. The molecule has 0 fully saturated rings. The highest BCUT2D eigenvalue weighted by molar-refractivity contribution is 5.85. The molecule has 0 aliphatic carbocycles. The van der Waals surface area contributed by atoms with E-state index in [0.717, 1.165) is 11.1 Å². The van der Waals surface area contributed by atoms with Crippen LogP contribution in [0.1, 0.15) is 35.5 Å². The second-order valence-electron chi connectivity index (χ2n) is 3.83. The van der Waals surface area contributed by atoms with Crippen molar-refractivity contribution in [1.82, 2.24) is 4.98 Å². The summed E-state index contributed by atoms with van der Waals surface area (Å²) < 4.78 is 5.51. The third kappa shape index (κ3) is 1.28. The Bertz CT molecular complexity index is 398. The Balaban J connectivity index is 2.53. The Kier molecular flexibility index (Phi) is 1.82. The fourth-order valence-corrected chi connectivity index (χ4v) is 1.61. The number of carbonyl (C=O) groups is 1. The molecule has 2 heterocycles. The largest absolute Gasteiger partial charge is 0.477 e. The monoisotopic (exact) mass is 193 g/mol. The Labute approximate surface area is 81.5 Å². The Morgan fingerprint density at radius 2 is 2.36 bits per heavy atom. The molecule has 0 spiro atoms. The molecule has 1 N–H and O–H groups in total. The van der Waals surface area contributed by atoms with E-state index in [1.54, 1.807) is 12.3 Å². The molecule has 4 nitrogen and oxygen atoms in total. The molecule has 0 saturated heterocycles. The van der Waals surface area contributed by atoms with Gasteiger partial charge >= 0.3 is 5.97 Å². The van der Waals surface area contributed by atoms with Crippen LogP contribution in [0, 0.1) is 0 Å². The van der Waals surface area contributed by atoms with Crippen molar-refractivity contribution in [2.75, 3.05) is 0 Å². The lowest BCUT2D eigenvalue weighted by atomic mass is 9.97. The minimum atomic E-state index is -1.00. The number of carboxylic acids is 1. The minimum absolute atomic E-state index is 0.0716. The number of ether oxygens (including phenoxy) is 1. The number of nitrogens with zero attached hydrogens (tertiary/aromatic N) is 1. The van der Waals surface area contributed by atoms with Gasteiger partial charge in [-0.25, -0.2) is 9.78 Å². The predicted octanol–water partition coefficient (Wildman–Crippen LogP) is 1.55. The van der Waals surface area contributed by atoms with Gasteiger partial charge in [0, 0.05) is 11.8 Å². The van der Waals surface area contributed by atoms with Gasteiger partial charge in [-0.1, -0.05) is 0 Å². The van der Waals surface area contributed by atoms with E-state index in [1.165, 1.54) is 0 Å². The van der Waals surface area contributed by atoms with Gasteiger partial charge in [0.1, 0.15) is 5.69 Å². The highest BCUT2D eigenvalue weighted by Crippen LogP contribution is 2.35. The van der Waals surface area contributed by atoms with E-state index in [-0.39, 0.29) is 5.69 Å². The number of aromatic nitrogens is 1. The predicted molar refractivity (Wildman–Crippen MR) is 49.0 cm³/mol. The van der Waals surface area contributed by atoms with Crippen LogP contribution in [-0.4, -0.2) is 16.1 Å². The maximum absolute atomic E-state index is 10.7. The van der Waals surface area contributed by atoms with E-state index in [0.29, 0.717) is 6.61 Å². The van der Waals surface area contributed by atoms with Crippen LogP contribution in [-0.2, 0) is 16.9 Å². The molecule has 1 aromatic heterocycles. The second kappa shape index (κ2) is 2.78. The number of fused-ring (bicyclic) bond motifs is 1. The molecule has 0 unspecified atom stereocenters. The van der Waals surface area contributed by atoms with E-state index in [1.807, 2.05) is 13.8 Å². The fraction of sp³-hybridized carbons (Fsp3) is 0.400. The lowest BCUT2D eigenvalue weighted by Crippen LogP contribution is -2.15. The number of aromatic carboxylic acids is 1. The maximum atomic E-state index is 10.7. The van der Waals surface area contributed by atoms with Gasteiger partial charge in [-0.15, -0.1) is 0 Å². The summed E-state index contributed by atoms with van der Waals surface area (Å²) in [5.74, 6) is -1.00. The number of pyridine rings is 1. The molecule has 0 radical (unpaired) electrons. The summed E-state index contributed by atoms with van der Waals surface area (Å²) in [7, 11) is 0. The molecular formula is C10H11NO3. The van der Waals surface area contributed by atoms with Crippen LogP contribution in [0.25, 0.3) is 0 Å². The van der Waals surface area contributed by atoms with Gasteiger partial charge in [-0.05, 0) is 25.5 Å². The fourth-order valence-electron chi connectivity index (χ4n) is 1.61. The van der Waals surface area contributed by atoms with Crippen molar-refractivity contribution in [2.24, 2.45) is 0 Å². The smallest absolute Gasteiger partial charge is 0.354 e. The summed E-state index contributed by atoms with van der Waals surface area (Å²) in [6, 6.07) is 1.59. The molecule has 0 bridgehead atoms. The quantitative estimate of drug-likeness (QED) is 0.735. The molecule has 1 aliphatic heterocycles. The summed E-state index contributed by atoms with van der Waals surface area (Å²) in [6.07, 6.45) is 1.58. The third-order valence-electron chi connectivity index (χ3n) is 2.44. The molecule has 1 aliphatic rings. The summed E-state index contributed by atoms with van der Waals surface area (Å²) in [4.78, 5) is 14.5. The molecule has 4 heteroatoms. The number of hydrogen-bond donors (Lipinski definition) is 1. The number of rotatable bonds is 1. The van der Waals surface area contributed by atoms with Crippen molar-refractivity contribution in [1.29, 1.82) is 0 Å². The first-order valence-electron chi connectivity index (χ1n) is 4.37. The molecule has 0 aromatic carbocycles. The van der Waals surface area contributed by atoms with Crippen LogP contribution in [0.2, 0.25) is 0 Å². The van der Waals surface area contributed by atoms with E-state index in [4.69, 9.17) is 9.84 Å². The maximum Gasteiger partial charge on any atom is 0.354 e. The van der Waals surface area contributed by atoms with Gasteiger partial charge in [0.05, 0.1) is 12.2 Å². The van der Waals surface area contributed by atoms with Gasteiger partial charge < -0.3 is 9.84 Å². The van der Waals surface area contributed by atoms with Crippen LogP contribution < -0.4 is 0 Å². The average molecular weight is 193 g/mol. The van der Waals surface area contributed by atoms with Crippen molar-refractivity contribution >= 4 is 5.97 Å². The van der Waals surface area contributed by atoms with Crippen molar-refractivity contribution in [3.8, 4) is 0 Å². The summed E-state index contributed by atoms with van der Waals surface area (Å²) in [6.45, 7) is 4.35. The van der Waals surface area contributed by atoms with Crippen LogP contribution in [0.15, 0.2) is 12.3 Å². The zero-order chi connectivity index (χ0) is 10.3. The van der Waals surface area contributed by atoms with Gasteiger partial charge in [0.25, 0.3) is 0 Å². The van der Waals surface area contributed by atoms with E-state index in [9.17, 15) is 4.79 Å². The van der Waals surface area contributed by atoms with Crippen molar-refractivity contribution in [3.05, 3.63) is 29.1 Å².